The summed E-state index contributed by atoms with van der Waals surface area (Å²) >= 11 is 0. The second-order valence-corrected chi connectivity index (χ2v) is 5.66. The van der Waals surface area contributed by atoms with Crippen molar-refractivity contribution in [3.8, 4) is 0 Å². The minimum atomic E-state index is 0.214. The fraction of sp³-hybridized carbons (Fsp3) is 0.714. The van der Waals surface area contributed by atoms with E-state index in [4.69, 9.17) is 10.2 Å². The molecule has 0 spiro atoms. The average Bonchev–Trinajstić information content (AvgIpc) is 2.87. The smallest absolute Gasteiger partial charge is 0.122 e. The van der Waals surface area contributed by atoms with Crippen molar-refractivity contribution < 1.29 is 4.42 Å². The molecule has 102 valence electrons. The Balaban J connectivity index is 2.11. The molecular weight excluding hydrogens is 226 g/mol. The van der Waals surface area contributed by atoms with E-state index in [1.165, 1.54) is 0 Å². The van der Waals surface area contributed by atoms with E-state index < -0.39 is 0 Å². The number of furan rings is 1. The quantitative estimate of drug-likeness (QED) is 0.880. The molecule has 0 aliphatic carbocycles. The van der Waals surface area contributed by atoms with Crippen molar-refractivity contribution in [1.82, 2.24) is 9.80 Å². The van der Waals surface area contributed by atoms with E-state index in [1.54, 1.807) is 0 Å². The predicted molar refractivity (Wildman–Crippen MR) is 73.5 cm³/mol. The summed E-state index contributed by atoms with van der Waals surface area (Å²) in [5.41, 5.74) is 5.95. The third kappa shape index (κ3) is 2.60. The Morgan fingerprint density at radius 1 is 1.44 bits per heavy atom. The van der Waals surface area contributed by atoms with Gasteiger partial charge in [-0.15, -0.1) is 0 Å². The maximum atomic E-state index is 5.95. The van der Waals surface area contributed by atoms with E-state index in [2.05, 4.69) is 36.9 Å². The second-order valence-electron chi connectivity index (χ2n) is 5.66. The van der Waals surface area contributed by atoms with E-state index in [0.29, 0.717) is 18.5 Å². The molecule has 1 fully saturated rings. The predicted octanol–water partition coefficient (Wildman–Crippen LogP) is 1.47. The van der Waals surface area contributed by atoms with Gasteiger partial charge in [0.1, 0.15) is 11.5 Å². The SMILES string of the molecule is Cc1ccc(C(CN)N2CC(C)C(N(C)C)C2)o1. The molecule has 1 aliphatic heterocycles. The third-order valence-corrected chi connectivity index (χ3v) is 4.02. The van der Waals surface area contributed by atoms with Crippen LogP contribution in [-0.4, -0.2) is 49.6 Å². The van der Waals surface area contributed by atoms with Crippen LogP contribution >= 0.6 is 0 Å². The summed E-state index contributed by atoms with van der Waals surface area (Å²) in [6, 6.07) is 4.89. The molecular formula is C14H25N3O. The van der Waals surface area contributed by atoms with Crippen LogP contribution in [0.25, 0.3) is 0 Å². The first kappa shape index (κ1) is 13.6. The summed E-state index contributed by atoms with van der Waals surface area (Å²) in [5.74, 6) is 2.63. The van der Waals surface area contributed by atoms with Crippen molar-refractivity contribution in [3.63, 3.8) is 0 Å². The summed E-state index contributed by atoms with van der Waals surface area (Å²) in [6.07, 6.45) is 0. The van der Waals surface area contributed by atoms with Gasteiger partial charge in [-0.3, -0.25) is 4.90 Å². The topological polar surface area (TPSA) is 45.6 Å². The molecule has 0 saturated carbocycles. The Bertz CT molecular complexity index is 388. The van der Waals surface area contributed by atoms with Crippen molar-refractivity contribution in [2.75, 3.05) is 33.7 Å². The zero-order chi connectivity index (χ0) is 13.3. The van der Waals surface area contributed by atoms with Crippen LogP contribution in [0.1, 0.15) is 24.5 Å². The Hall–Kier alpha value is -0.840. The van der Waals surface area contributed by atoms with E-state index in [0.717, 1.165) is 24.6 Å². The van der Waals surface area contributed by atoms with Gasteiger partial charge in [-0.25, -0.2) is 0 Å². The maximum Gasteiger partial charge on any atom is 0.122 e. The highest BCUT2D eigenvalue weighted by atomic mass is 16.3. The Labute approximate surface area is 110 Å². The van der Waals surface area contributed by atoms with Gasteiger partial charge in [0.05, 0.1) is 6.04 Å². The van der Waals surface area contributed by atoms with Crippen LogP contribution < -0.4 is 5.73 Å². The molecule has 2 heterocycles. The first-order valence-corrected chi connectivity index (χ1v) is 6.69. The van der Waals surface area contributed by atoms with Gasteiger partial charge in [0.25, 0.3) is 0 Å². The van der Waals surface area contributed by atoms with Gasteiger partial charge >= 0.3 is 0 Å². The molecule has 1 aromatic heterocycles. The average molecular weight is 251 g/mol. The number of rotatable bonds is 4. The number of nitrogens with zero attached hydrogens (tertiary/aromatic N) is 2. The zero-order valence-corrected chi connectivity index (χ0v) is 11.9. The van der Waals surface area contributed by atoms with Gasteiger partial charge in [0.15, 0.2) is 0 Å². The number of likely N-dealkylation sites (N-methyl/N-ethyl adjacent to an activating group) is 1. The monoisotopic (exact) mass is 251 g/mol. The van der Waals surface area contributed by atoms with Gasteiger partial charge in [-0.1, -0.05) is 6.92 Å². The van der Waals surface area contributed by atoms with Crippen LogP contribution in [0.5, 0.6) is 0 Å². The first-order valence-electron chi connectivity index (χ1n) is 6.69. The van der Waals surface area contributed by atoms with Crippen LogP contribution in [0, 0.1) is 12.8 Å². The van der Waals surface area contributed by atoms with Crippen molar-refractivity contribution in [2.24, 2.45) is 11.7 Å². The normalized spacial score (nSPS) is 27.0. The molecule has 0 amide bonds. The number of likely N-dealkylation sites (tertiary alicyclic amines) is 1. The molecule has 2 rings (SSSR count). The molecule has 1 aliphatic rings. The minimum Gasteiger partial charge on any atom is -0.465 e. The number of hydrogen-bond donors (Lipinski definition) is 1. The Morgan fingerprint density at radius 3 is 2.61 bits per heavy atom. The molecule has 4 nitrogen and oxygen atoms in total. The fourth-order valence-corrected chi connectivity index (χ4v) is 2.99. The van der Waals surface area contributed by atoms with Crippen LogP contribution in [-0.2, 0) is 0 Å². The summed E-state index contributed by atoms with van der Waals surface area (Å²) < 4.78 is 5.74. The highest BCUT2D eigenvalue weighted by molar-refractivity contribution is 5.11. The number of nitrogens with two attached hydrogens (primary N) is 1. The third-order valence-electron chi connectivity index (χ3n) is 4.02. The van der Waals surface area contributed by atoms with Crippen LogP contribution in [0.4, 0.5) is 0 Å². The van der Waals surface area contributed by atoms with Gasteiger partial charge in [-0.2, -0.15) is 0 Å². The minimum absolute atomic E-state index is 0.214. The summed E-state index contributed by atoms with van der Waals surface area (Å²) in [5, 5.41) is 0. The van der Waals surface area contributed by atoms with Crippen LogP contribution in [0.15, 0.2) is 16.5 Å². The van der Waals surface area contributed by atoms with Crippen LogP contribution in [0.3, 0.4) is 0 Å². The number of aryl methyl sites for hydroxylation is 1. The summed E-state index contributed by atoms with van der Waals surface area (Å²) in [6.45, 7) is 7.05. The van der Waals surface area contributed by atoms with Crippen molar-refractivity contribution in [1.29, 1.82) is 0 Å². The molecule has 0 bridgehead atoms. The lowest BCUT2D eigenvalue weighted by atomic mass is 10.1. The first-order chi connectivity index (χ1) is 8.52. The molecule has 18 heavy (non-hydrogen) atoms. The number of hydrogen-bond acceptors (Lipinski definition) is 4. The fourth-order valence-electron chi connectivity index (χ4n) is 2.99. The molecule has 1 aromatic rings. The van der Waals surface area contributed by atoms with Gasteiger partial charge < -0.3 is 15.1 Å². The Kier molecular flexibility index (Phi) is 4.10. The van der Waals surface area contributed by atoms with E-state index in [-0.39, 0.29) is 6.04 Å². The highest BCUT2D eigenvalue weighted by Gasteiger charge is 2.35. The van der Waals surface area contributed by atoms with E-state index in [1.807, 2.05) is 13.0 Å². The van der Waals surface area contributed by atoms with Crippen LogP contribution in [0.2, 0.25) is 0 Å². The lowest BCUT2D eigenvalue weighted by molar-refractivity contribution is 0.198. The standard InChI is InChI=1S/C14H25N3O/c1-10-8-17(9-13(10)16(3)4)12(7-15)14-6-5-11(2)18-14/h5-6,10,12-13H,7-9,15H2,1-4H3. The van der Waals surface area contributed by atoms with Crippen molar-refractivity contribution in [2.45, 2.75) is 25.9 Å². The molecule has 3 atom stereocenters. The lowest BCUT2D eigenvalue weighted by Gasteiger charge is -2.26. The van der Waals surface area contributed by atoms with Gasteiger partial charge in [0, 0.05) is 25.7 Å². The molecule has 1 saturated heterocycles. The van der Waals surface area contributed by atoms with Crippen molar-refractivity contribution in [3.05, 3.63) is 23.7 Å². The zero-order valence-electron chi connectivity index (χ0n) is 11.9. The Morgan fingerprint density at radius 2 is 2.17 bits per heavy atom. The molecule has 4 heteroatoms. The summed E-state index contributed by atoms with van der Waals surface area (Å²) in [7, 11) is 4.30. The second kappa shape index (κ2) is 5.43. The molecule has 2 N–H and O–H groups in total. The molecule has 3 unspecified atom stereocenters. The van der Waals surface area contributed by atoms with Crippen molar-refractivity contribution >= 4 is 0 Å². The largest absolute Gasteiger partial charge is 0.465 e. The maximum absolute atomic E-state index is 5.95. The molecule has 0 aromatic carbocycles. The van der Waals surface area contributed by atoms with Gasteiger partial charge in [0.2, 0.25) is 0 Å². The molecule has 0 radical (unpaired) electrons. The van der Waals surface area contributed by atoms with Gasteiger partial charge in [-0.05, 0) is 39.1 Å². The highest BCUT2D eigenvalue weighted by Crippen LogP contribution is 2.29. The van der Waals surface area contributed by atoms with E-state index in [9.17, 15) is 0 Å². The lowest BCUT2D eigenvalue weighted by Crippen LogP contribution is -2.36. The summed E-state index contributed by atoms with van der Waals surface area (Å²) in [4.78, 5) is 4.76. The van der Waals surface area contributed by atoms with E-state index >= 15 is 0 Å².